The summed E-state index contributed by atoms with van der Waals surface area (Å²) in [5.41, 5.74) is 1.04. The zero-order valence-electron chi connectivity index (χ0n) is 20.2. The molecule has 1 spiro atoms. The van der Waals surface area contributed by atoms with Crippen LogP contribution in [-0.2, 0) is 9.47 Å². The molecular weight excluding hydrogens is 404 g/mol. The average Bonchev–Trinajstić information content (AvgIpc) is 3.16. The number of aliphatic hydroxyl groups is 3. The monoisotopic (exact) mass is 446 g/mol. The van der Waals surface area contributed by atoms with Crippen LogP contribution < -0.4 is 0 Å². The van der Waals surface area contributed by atoms with Gasteiger partial charge in [-0.15, -0.1) is 0 Å². The van der Waals surface area contributed by atoms with Crippen LogP contribution in [0.5, 0.6) is 0 Å². The number of ether oxygens (including phenoxy) is 2. The predicted molar refractivity (Wildman–Crippen MR) is 120 cm³/mol. The van der Waals surface area contributed by atoms with Gasteiger partial charge in [0.15, 0.2) is 5.79 Å². The molecule has 0 aromatic heterocycles. The highest BCUT2D eigenvalue weighted by atomic mass is 16.7. The summed E-state index contributed by atoms with van der Waals surface area (Å²) in [4.78, 5) is 0. The van der Waals surface area contributed by atoms with Crippen molar-refractivity contribution in [2.75, 3.05) is 6.61 Å². The van der Waals surface area contributed by atoms with Gasteiger partial charge < -0.3 is 24.8 Å². The summed E-state index contributed by atoms with van der Waals surface area (Å²) in [6.07, 6.45) is 7.14. The van der Waals surface area contributed by atoms with E-state index in [2.05, 4.69) is 33.8 Å². The highest BCUT2D eigenvalue weighted by molar-refractivity contribution is 5.28. The minimum atomic E-state index is -0.599. The molecule has 32 heavy (non-hydrogen) atoms. The van der Waals surface area contributed by atoms with E-state index in [1.54, 1.807) is 0 Å². The fourth-order valence-electron chi connectivity index (χ4n) is 9.63. The molecule has 5 fully saturated rings. The van der Waals surface area contributed by atoms with E-state index in [1.165, 1.54) is 5.57 Å². The standard InChI is InChI=1S/C27H42O5/c1-14-7-10-27(31-13-14)15(2)21-24(32-27)23(30)22-18-6-5-16-11-17(28)8-9-25(16,3)19(18)12-20(29)26(21,22)4/h5,14-15,17-24,28-30H,6-13H2,1-4H3. The molecule has 5 nitrogen and oxygen atoms in total. The largest absolute Gasteiger partial charge is 0.393 e. The second kappa shape index (κ2) is 7.04. The summed E-state index contributed by atoms with van der Waals surface area (Å²) in [6.45, 7) is 9.76. The Kier molecular flexibility index (Phi) is 4.84. The molecule has 3 saturated carbocycles. The van der Waals surface area contributed by atoms with Gasteiger partial charge in [-0.25, -0.2) is 0 Å². The molecule has 13 atom stereocenters. The Morgan fingerprint density at radius 3 is 2.53 bits per heavy atom. The van der Waals surface area contributed by atoms with E-state index in [-0.39, 0.29) is 40.8 Å². The van der Waals surface area contributed by atoms with Crippen LogP contribution in [-0.4, -0.2) is 52.1 Å². The van der Waals surface area contributed by atoms with E-state index >= 15 is 0 Å². The lowest BCUT2D eigenvalue weighted by Gasteiger charge is -2.60. The first-order chi connectivity index (χ1) is 15.1. The number of allylic oxidation sites excluding steroid dienone is 1. The Morgan fingerprint density at radius 2 is 1.81 bits per heavy atom. The van der Waals surface area contributed by atoms with Crippen LogP contribution in [0, 0.1) is 46.3 Å². The maximum Gasteiger partial charge on any atom is 0.171 e. The second-order valence-electron chi connectivity index (χ2n) is 12.8. The molecule has 0 radical (unpaired) electrons. The van der Waals surface area contributed by atoms with Crippen LogP contribution in [0.4, 0.5) is 0 Å². The molecule has 0 aromatic rings. The van der Waals surface area contributed by atoms with Crippen molar-refractivity contribution in [3.05, 3.63) is 11.6 Å². The minimum absolute atomic E-state index is 0.0260. The number of fused-ring (bicyclic) bond motifs is 7. The predicted octanol–water partition coefficient (Wildman–Crippen LogP) is 3.66. The maximum atomic E-state index is 11.8. The lowest BCUT2D eigenvalue weighted by molar-refractivity contribution is -0.283. The topological polar surface area (TPSA) is 79.2 Å². The Hall–Kier alpha value is -0.460. The molecule has 2 saturated heterocycles. The second-order valence-corrected chi connectivity index (χ2v) is 12.8. The molecule has 0 aromatic carbocycles. The van der Waals surface area contributed by atoms with Gasteiger partial charge in [0, 0.05) is 23.7 Å². The first kappa shape index (κ1) is 22.0. The fraction of sp³-hybridized carbons (Fsp3) is 0.926. The van der Waals surface area contributed by atoms with E-state index in [0.29, 0.717) is 24.4 Å². The first-order valence-corrected chi connectivity index (χ1v) is 13.2. The van der Waals surface area contributed by atoms with E-state index in [1.807, 2.05) is 0 Å². The van der Waals surface area contributed by atoms with Gasteiger partial charge in [-0.2, -0.15) is 0 Å². The summed E-state index contributed by atoms with van der Waals surface area (Å²) in [5, 5.41) is 33.8. The van der Waals surface area contributed by atoms with Crippen LogP contribution in [0.25, 0.3) is 0 Å². The SMILES string of the molecule is CC1CCC2(OC1)OC1C(O)C3C4CC=C5CC(O)CCC5(C)C4CC(O)C3(C)C1C2C. The Bertz CT molecular complexity index is 802. The molecule has 5 heteroatoms. The van der Waals surface area contributed by atoms with E-state index in [0.717, 1.165) is 44.9 Å². The van der Waals surface area contributed by atoms with Gasteiger partial charge in [0.1, 0.15) is 0 Å². The maximum absolute atomic E-state index is 11.8. The molecule has 180 valence electrons. The van der Waals surface area contributed by atoms with Gasteiger partial charge in [-0.05, 0) is 67.6 Å². The van der Waals surface area contributed by atoms with E-state index in [9.17, 15) is 15.3 Å². The zero-order valence-corrected chi connectivity index (χ0v) is 20.2. The molecule has 2 aliphatic heterocycles. The molecule has 4 aliphatic carbocycles. The fourth-order valence-corrected chi connectivity index (χ4v) is 9.63. The van der Waals surface area contributed by atoms with Gasteiger partial charge in [-0.3, -0.25) is 0 Å². The van der Waals surface area contributed by atoms with Crippen molar-refractivity contribution in [2.45, 2.75) is 103 Å². The molecule has 0 bridgehead atoms. The van der Waals surface area contributed by atoms with Crippen molar-refractivity contribution < 1.29 is 24.8 Å². The van der Waals surface area contributed by atoms with Crippen molar-refractivity contribution in [3.63, 3.8) is 0 Å². The summed E-state index contributed by atoms with van der Waals surface area (Å²) in [5.74, 6) is 0.960. The molecule has 13 unspecified atom stereocenters. The normalized spacial score (nSPS) is 61.5. The molecule has 2 heterocycles. The molecular formula is C27H42O5. The first-order valence-electron chi connectivity index (χ1n) is 13.2. The van der Waals surface area contributed by atoms with Gasteiger partial charge in [0.25, 0.3) is 0 Å². The number of hydrogen-bond donors (Lipinski definition) is 3. The Labute approximate surface area is 192 Å². The van der Waals surface area contributed by atoms with Gasteiger partial charge >= 0.3 is 0 Å². The third kappa shape index (κ3) is 2.64. The Morgan fingerprint density at radius 1 is 1.03 bits per heavy atom. The van der Waals surface area contributed by atoms with Crippen molar-refractivity contribution in [1.29, 1.82) is 0 Å². The third-order valence-electron chi connectivity index (χ3n) is 11.5. The van der Waals surface area contributed by atoms with Crippen LogP contribution in [0.2, 0.25) is 0 Å². The lowest BCUT2D eigenvalue weighted by atomic mass is 9.46. The van der Waals surface area contributed by atoms with Crippen molar-refractivity contribution in [1.82, 2.24) is 0 Å². The highest BCUT2D eigenvalue weighted by Gasteiger charge is 2.74. The van der Waals surface area contributed by atoms with Crippen molar-refractivity contribution in [2.24, 2.45) is 46.3 Å². The highest BCUT2D eigenvalue weighted by Crippen LogP contribution is 2.70. The smallest absolute Gasteiger partial charge is 0.171 e. The van der Waals surface area contributed by atoms with Crippen LogP contribution in [0.1, 0.15) is 72.6 Å². The molecule has 6 rings (SSSR count). The Balaban J connectivity index is 1.35. The quantitative estimate of drug-likeness (QED) is 0.495. The van der Waals surface area contributed by atoms with E-state index in [4.69, 9.17) is 9.47 Å². The van der Waals surface area contributed by atoms with Crippen LogP contribution >= 0.6 is 0 Å². The summed E-state index contributed by atoms with van der Waals surface area (Å²) in [6, 6.07) is 0. The van der Waals surface area contributed by atoms with E-state index < -0.39 is 18.0 Å². The molecule has 3 N–H and O–H groups in total. The summed E-state index contributed by atoms with van der Waals surface area (Å²) >= 11 is 0. The zero-order chi connectivity index (χ0) is 22.6. The minimum Gasteiger partial charge on any atom is -0.393 e. The van der Waals surface area contributed by atoms with Gasteiger partial charge in [-0.1, -0.05) is 39.3 Å². The van der Waals surface area contributed by atoms with Crippen molar-refractivity contribution in [3.8, 4) is 0 Å². The van der Waals surface area contributed by atoms with Crippen molar-refractivity contribution >= 4 is 0 Å². The number of aliphatic hydroxyl groups excluding tert-OH is 3. The average molecular weight is 447 g/mol. The third-order valence-corrected chi connectivity index (χ3v) is 11.5. The van der Waals surface area contributed by atoms with Crippen LogP contribution in [0.15, 0.2) is 11.6 Å². The lowest BCUT2D eigenvalue weighted by Crippen LogP contribution is -2.59. The molecule has 6 aliphatic rings. The van der Waals surface area contributed by atoms with Crippen LogP contribution in [0.3, 0.4) is 0 Å². The van der Waals surface area contributed by atoms with Gasteiger partial charge in [0.2, 0.25) is 0 Å². The van der Waals surface area contributed by atoms with Gasteiger partial charge in [0.05, 0.1) is 31.0 Å². The molecule has 0 amide bonds. The number of hydrogen-bond acceptors (Lipinski definition) is 5. The summed E-state index contributed by atoms with van der Waals surface area (Å²) < 4.78 is 13.0. The number of rotatable bonds is 0. The summed E-state index contributed by atoms with van der Waals surface area (Å²) in [7, 11) is 0.